The van der Waals surface area contributed by atoms with Crippen molar-refractivity contribution in [3.05, 3.63) is 42.2 Å². The minimum Gasteiger partial charge on any atom is -0.459 e. The fraction of sp³-hybridized carbons (Fsp3) is 0.286. The van der Waals surface area contributed by atoms with Crippen LogP contribution < -0.4 is 10.6 Å². The van der Waals surface area contributed by atoms with Gasteiger partial charge >= 0.3 is 0 Å². The van der Waals surface area contributed by atoms with Gasteiger partial charge in [-0.25, -0.2) is 0 Å². The summed E-state index contributed by atoms with van der Waals surface area (Å²) in [5.74, 6) is 1.68. The molecule has 1 unspecified atom stereocenters. The quantitative estimate of drug-likeness (QED) is 0.881. The van der Waals surface area contributed by atoms with Crippen LogP contribution in [0.4, 0.5) is 5.69 Å². The van der Waals surface area contributed by atoms with Crippen molar-refractivity contribution in [1.29, 1.82) is 0 Å². The van der Waals surface area contributed by atoms with Crippen molar-refractivity contribution in [3.8, 4) is 11.3 Å². The van der Waals surface area contributed by atoms with Crippen molar-refractivity contribution < 1.29 is 4.42 Å². The molecule has 17 heavy (non-hydrogen) atoms. The lowest BCUT2D eigenvalue weighted by molar-refractivity contribution is 0.491. The number of hydrogen-bond donors (Lipinski definition) is 1. The van der Waals surface area contributed by atoms with Gasteiger partial charge in [0.2, 0.25) is 0 Å². The third-order valence-electron chi connectivity index (χ3n) is 2.74. The molecule has 0 saturated heterocycles. The van der Waals surface area contributed by atoms with Gasteiger partial charge in [-0.2, -0.15) is 0 Å². The van der Waals surface area contributed by atoms with Crippen molar-refractivity contribution in [2.24, 2.45) is 5.73 Å². The van der Waals surface area contributed by atoms with Crippen LogP contribution in [0.25, 0.3) is 11.3 Å². The molecule has 3 heteroatoms. The molecule has 0 radical (unpaired) electrons. The molecular formula is C14H18N2O. The highest BCUT2D eigenvalue weighted by Gasteiger charge is 2.07. The Labute approximate surface area is 102 Å². The number of hydrogen-bond acceptors (Lipinski definition) is 3. The maximum Gasteiger partial charge on any atom is 0.134 e. The van der Waals surface area contributed by atoms with E-state index in [0.717, 1.165) is 17.1 Å². The minimum atomic E-state index is -0.0650. The van der Waals surface area contributed by atoms with E-state index in [1.807, 2.05) is 33.2 Å². The molecule has 2 N–H and O–H groups in total. The van der Waals surface area contributed by atoms with Crippen LogP contribution in [0.1, 0.15) is 18.7 Å². The molecule has 90 valence electrons. The fourth-order valence-electron chi connectivity index (χ4n) is 1.68. The smallest absolute Gasteiger partial charge is 0.134 e. The standard InChI is InChI=1S/C14H18N2O/c1-10(15)13-8-9-14(17-13)11-4-6-12(7-5-11)16(2)3/h4-10H,15H2,1-3H3. The molecule has 0 aliphatic rings. The third kappa shape index (κ3) is 2.50. The van der Waals surface area contributed by atoms with Crippen molar-refractivity contribution in [2.45, 2.75) is 13.0 Å². The lowest BCUT2D eigenvalue weighted by Gasteiger charge is -2.12. The average molecular weight is 230 g/mol. The van der Waals surface area contributed by atoms with Gasteiger partial charge in [-0.1, -0.05) is 0 Å². The number of anilines is 1. The zero-order valence-electron chi connectivity index (χ0n) is 10.5. The van der Waals surface area contributed by atoms with Crippen molar-refractivity contribution in [1.82, 2.24) is 0 Å². The zero-order chi connectivity index (χ0) is 12.4. The molecule has 3 nitrogen and oxygen atoms in total. The second-order valence-electron chi connectivity index (χ2n) is 4.43. The monoisotopic (exact) mass is 230 g/mol. The summed E-state index contributed by atoms with van der Waals surface area (Å²) >= 11 is 0. The summed E-state index contributed by atoms with van der Waals surface area (Å²) in [7, 11) is 4.05. The van der Waals surface area contributed by atoms with E-state index in [4.69, 9.17) is 10.2 Å². The minimum absolute atomic E-state index is 0.0650. The van der Waals surface area contributed by atoms with Crippen LogP contribution in [0.15, 0.2) is 40.8 Å². The highest BCUT2D eigenvalue weighted by molar-refractivity contribution is 5.61. The largest absolute Gasteiger partial charge is 0.459 e. The molecule has 0 aliphatic heterocycles. The van der Waals surface area contributed by atoms with Crippen LogP contribution in [0, 0.1) is 0 Å². The Morgan fingerprint density at radius 2 is 1.71 bits per heavy atom. The molecule has 0 saturated carbocycles. The second kappa shape index (κ2) is 4.63. The summed E-state index contributed by atoms with van der Waals surface area (Å²) < 4.78 is 5.69. The first kappa shape index (κ1) is 11.7. The topological polar surface area (TPSA) is 42.4 Å². The van der Waals surface area contributed by atoms with Crippen LogP contribution in [-0.4, -0.2) is 14.1 Å². The lowest BCUT2D eigenvalue weighted by atomic mass is 10.1. The highest BCUT2D eigenvalue weighted by Crippen LogP contribution is 2.26. The van der Waals surface area contributed by atoms with Crippen molar-refractivity contribution >= 4 is 5.69 Å². The SMILES string of the molecule is CC(N)c1ccc(-c2ccc(N(C)C)cc2)o1. The molecule has 1 aromatic carbocycles. The average Bonchev–Trinajstić information content (AvgIpc) is 2.78. The first-order valence-electron chi connectivity index (χ1n) is 5.71. The molecule has 2 rings (SSSR count). The van der Waals surface area contributed by atoms with Gasteiger partial charge in [-0.15, -0.1) is 0 Å². The number of furan rings is 1. The first-order chi connectivity index (χ1) is 8.08. The van der Waals surface area contributed by atoms with Gasteiger partial charge in [0.1, 0.15) is 11.5 Å². The van der Waals surface area contributed by atoms with Crippen molar-refractivity contribution in [3.63, 3.8) is 0 Å². The number of rotatable bonds is 3. The van der Waals surface area contributed by atoms with Crippen molar-refractivity contribution in [2.75, 3.05) is 19.0 Å². The molecule has 0 amide bonds. The van der Waals surface area contributed by atoms with E-state index < -0.39 is 0 Å². The Morgan fingerprint density at radius 1 is 1.06 bits per heavy atom. The molecule has 0 bridgehead atoms. The van der Waals surface area contributed by atoms with Gasteiger partial charge in [-0.05, 0) is 43.3 Å². The number of nitrogens with zero attached hydrogens (tertiary/aromatic N) is 1. The van der Waals surface area contributed by atoms with Gasteiger partial charge < -0.3 is 15.1 Å². The molecule has 0 fully saturated rings. The molecule has 0 aliphatic carbocycles. The van der Waals surface area contributed by atoms with E-state index in [1.165, 1.54) is 5.69 Å². The predicted molar refractivity (Wildman–Crippen MR) is 71.1 cm³/mol. The molecule has 0 spiro atoms. The predicted octanol–water partition coefficient (Wildman–Crippen LogP) is 3.03. The summed E-state index contributed by atoms with van der Waals surface area (Å²) in [6.07, 6.45) is 0. The summed E-state index contributed by atoms with van der Waals surface area (Å²) in [5.41, 5.74) is 8.01. The molecule has 1 atom stereocenters. The Morgan fingerprint density at radius 3 is 2.18 bits per heavy atom. The van der Waals surface area contributed by atoms with E-state index in [9.17, 15) is 0 Å². The summed E-state index contributed by atoms with van der Waals surface area (Å²) in [5, 5.41) is 0. The summed E-state index contributed by atoms with van der Waals surface area (Å²) in [4.78, 5) is 2.07. The Balaban J connectivity index is 2.27. The Bertz CT molecular complexity index is 483. The second-order valence-corrected chi connectivity index (χ2v) is 4.43. The van der Waals surface area contributed by atoms with Crippen LogP contribution in [0.5, 0.6) is 0 Å². The molecule has 1 aromatic heterocycles. The zero-order valence-corrected chi connectivity index (χ0v) is 10.5. The highest BCUT2D eigenvalue weighted by atomic mass is 16.3. The van der Waals surface area contributed by atoms with E-state index in [0.29, 0.717) is 0 Å². The first-order valence-corrected chi connectivity index (χ1v) is 5.71. The summed E-state index contributed by atoms with van der Waals surface area (Å²) in [6.45, 7) is 1.91. The maximum atomic E-state index is 5.77. The van der Waals surface area contributed by atoms with Gasteiger partial charge in [0.05, 0.1) is 6.04 Å². The normalized spacial score (nSPS) is 12.5. The number of benzene rings is 1. The van der Waals surface area contributed by atoms with Gasteiger partial charge in [0.15, 0.2) is 0 Å². The van der Waals surface area contributed by atoms with Gasteiger partial charge in [0, 0.05) is 25.3 Å². The fourth-order valence-corrected chi connectivity index (χ4v) is 1.68. The van der Waals surface area contributed by atoms with E-state index in [-0.39, 0.29) is 6.04 Å². The molecule has 2 aromatic rings. The molecule has 1 heterocycles. The Hall–Kier alpha value is -1.74. The Kier molecular flexibility index (Phi) is 3.20. The van der Waals surface area contributed by atoms with E-state index in [1.54, 1.807) is 0 Å². The lowest BCUT2D eigenvalue weighted by Crippen LogP contribution is -2.07. The van der Waals surface area contributed by atoms with Crippen LogP contribution >= 0.6 is 0 Å². The van der Waals surface area contributed by atoms with E-state index in [2.05, 4.69) is 29.2 Å². The maximum absolute atomic E-state index is 5.77. The summed E-state index contributed by atoms with van der Waals surface area (Å²) in [6, 6.07) is 12.1. The van der Waals surface area contributed by atoms with Gasteiger partial charge in [-0.3, -0.25) is 0 Å². The molecular weight excluding hydrogens is 212 g/mol. The van der Waals surface area contributed by atoms with Crippen LogP contribution in [0.3, 0.4) is 0 Å². The van der Waals surface area contributed by atoms with Crippen LogP contribution in [0.2, 0.25) is 0 Å². The van der Waals surface area contributed by atoms with E-state index >= 15 is 0 Å². The number of nitrogens with two attached hydrogens (primary N) is 1. The van der Waals surface area contributed by atoms with Crippen LogP contribution in [-0.2, 0) is 0 Å². The van der Waals surface area contributed by atoms with Gasteiger partial charge in [0.25, 0.3) is 0 Å². The third-order valence-corrected chi connectivity index (χ3v) is 2.74.